The quantitative estimate of drug-likeness (QED) is 0.739. The van der Waals surface area contributed by atoms with Crippen LogP contribution in [0.15, 0.2) is 0 Å². The summed E-state index contributed by atoms with van der Waals surface area (Å²) in [6.45, 7) is 6.78. The molecule has 4 fully saturated rings. The summed E-state index contributed by atoms with van der Waals surface area (Å²) < 4.78 is 10.9. The summed E-state index contributed by atoms with van der Waals surface area (Å²) >= 11 is 0. The van der Waals surface area contributed by atoms with Gasteiger partial charge in [0.1, 0.15) is 6.10 Å². The molecule has 2 aliphatic heterocycles. The molecule has 0 aromatic carbocycles. The predicted molar refractivity (Wildman–Crippen MR) is 88.0 cm³/mol. The Bertz CT molecular complexity index is 576. The molecule has 4 rings (SSSR count). The van der Waals surface area contributed by atoms with Crippen LogP contribution in [-0.4, -0.2) is 49.2 Å². The summed E-state index contributed by atoms with van der Waals surface area (Å²) in [5, 5.41) is 0. The highest BCUT2D eigenvalue weighted by Crippen LogP contribution is 2.68. The number of likely N-dealkylation sites (N-methyl/N-ethyl adjacent to an activating group) is 1. The predicted octanol–water partition coefficient (Wildman–Crippen LogP) is 2.09. The largest absolute Gasteiger partial charge is 0.469 e. The molecule has 2 bridgehead atoms. The highest BCUT2D eigenvalue weighted by atomic mass is 16.6. The van der Waals surface area contributed by atoms with Gasteiger partial charge in [0.25, 0.3) is 0 Å². The molecule has 134 valence electrons. The zero-order chi connectivity index (χ0) is 17.4. The summed E-state index contributed by atoms with van der Waals surface area (Å²) in [6.07, 6.45) is 2.59. The third kappa shape index (κ3) is 1.80. The first kappa shape index (κ1) is 16.4. The molecule has 0 N–H and O–H groups in total. The molecule has 8 atom stereocenters. The van der Waals surface area contributed by atoms with E-state index in [1.54, 1.807) is 0 Å². The zero-order valence-corrected chi connectivity index (χ0v) is 15.3. The van der Waals surface area contributed by atoms with Crippen LogP contribution in [0.5, 0.6) is 0 Å². The maximum absolute atomic E-state index is 12.6. The normalized spacial score (nSPS) is 49.4. The van der Waals surface area contributed by atoms with Crippen molar-refractivity contribution < 1.29 is 19.1 Å². The number of rotatable bonds is 3. The average molecular weight is 335 g/mol. The Balaban J connectivity index is 1.76. The topological polar surface area (TPSA) is 55.8 Å². The van der Waals surface area contributed by atoms with Gasteiger partial charge in [-0.2, -0.15) is 0 Å². The Morgan fingerprint density at radius 1 is 1.38 bits per heavy atom. The van der Waals surface area contributed by atoms with E-state index in [1.807, 2.05) is 0 Å². The van der Waals surface area contributed by atoms with Crippen LogP contribution in [0, 0.1) is 35.0 Å². The molecular formula is C19H29NO4. The summed E-state index contributed by atoms with van der Waals surface area (Å²) in [5.41, 5.74) is 0.0698. The van der Waals surface area contributed by atoms with Gasteiger partial charge in [-0.1, -0.05) is 20.8 Å². The van der Waals surface area contributed by atoms with Crippen molar-refractivity contribution in [2.24, 2.45) is 35.0 Å². The van der Waals surface area contributed by atoms with E-state index in [-0.39, 0.29) is 41.5 Å². The van der Waals surface area contributed by atoms with Crippen molar-refractivity contribution in [1.29, 1.82) is 0 Å². The van der Waals surface area contributed by atoms with Crippen molar-refractivity contribution in [2.75, 3.05) is 14.2 Å². The number of nitrogens with zero attached hydrogens (tertiary/aromatic N) is 1. The highest BCUT2D eigenvalue weighted by Gasteiger charge is 2.73. The maximum atomic E-state index is 12.6. The first-order valence-corrected chi connectivity index (χ1v) is 9.31. The first-order chi connectivity index (χ1) is 11.3. The van der Waals surface area contributed by atoms with Gasteiger partial charge in [-0.25, -0.2) is 0 Å². The number of likely N-dealkylation sites (tertiary alicyclic amines) is 1. The lowest BCUT2D eigenvalue weighted by Gasteiger charge is -2.49. The monoisotopic (exact) mass is 335 g/mol. The second-order valence-corrected chi connectivity index (χ2v) is 8.86. The van der Waals surface area contributed by atoms with Crippen molar-refractivity contribution in [2.45, 2.75) is 58.2 Å². The van der Waals surface area contributed by atoms with E-state index in [1.165, 1.54) is 7.11 Å². The lowest BCUT2D eigenvalue weighted by atomic mass is 9.55. The maximum Gasteiger partial charge on any atom is 0.310 e. The summed E-state index contributed by atoms with van der Waals surface area (Å²) in [7, 11) is 3.57. The number of hydrogen-bond acceptors (Lipinski definition) is 5. The molecule has 2 saturated carbocycles. The number of methoxy groups -OCH3 is 1. The van der Waals surface area contributed by atoms with Crippen LogP contribution in [0.4, 0.5) is 0 Å². The molecule has 0 aromatic rings. The molecule has 4 aliphatic rings. The molecule has 24 heavy (non-hydrogen) atoms. The minimum atomic E-state index is -0.139. The van der Waals surface area contributed by atoms with Gasteiger partial charge in [0, 0.05) is 12.0 Å². The number of hydrogen-bond donors (Lipinski definition) is 0. The fraction of sp³-hybridized carbons (Fsp3) is 0.895. The van der Waals surface area contributed by atoms with Crippen LogP contribution < -0.4 is 0 Å². The zero-order valence-electron chi connectivity index (χ0n) is 15.3. The number of carbonyl (C=O) groups excluding carboxylic acids is 2. The Kier molecular flexibility index (Phi) is 3.55. The molecule has 0 spiro atoms. The van der Waals surface area contributed by atoms with E-state index in [0.717, 1.165) is 12.8 Å². The van der Waals surface area contributed by atoms with Crippen LogP contribution in [0.1, 0.15) is 40.0 Å². The van der Waals surface area contributed by atoms with Crippen LogP contribution in [0.3, 0.4) is 0 Å². The Morgan fingerprint density at radius 3 is 2.67 bits per heavy atom. The van der Waals surface area contributed by atoms with Crippen LogP contribution in [-0.2, 0) is 19.1 Å². The summed E-state index contributed by atoms with van der Waals surface area (Å²) in [4.78, 5) is 26.9. The second-order valence-electron chi connectivity index (χ2n) is 8.86. The molecule has 2 saturated heterocycles. The summed E-state index contributed by atoms with van der Waals surface area (Å²) in [6, 6.07) is 0.420. The Morgan fingerprint density at radius 2 is 2.04 bits per heavy atom. The number of ether oxygens (including phenoxy) is 2. The van der Waals surface area contributed by atoms with Gasteiger partial charge in [-0.3, -0.25) is 14.5 Å². The molecule has 3 unspecified atom stereocenters. The van der Waals surface area contributed by atoms with Crippen LogP contribution in [0.25, 0.3) is 0 Å². The number of esters is 2. The molecule has 2 aliphatic carbocycles. The van der Waals surface area contributed by atoms with Gasteiger partial charge in [0.15, 0.2) is 0 Å². The van der Waals surface area contributed by atoms with Gasteiger partial charge < -0.3 is 9.47 Å². The van der Waals surface area contributed by atoms with E-state index in [4.69, 9.17) is 9.47 Å². The fourth-order valence-corrected chi connectivity index (χ4v) is 7.08. The van der Waals surface area contributed by atoms with Crippen LogP contribution in [0.2, 0.25) is 0 Å². The fourth-order valence-electron chi connectivity index (χ4n) is 7.08. The molecule has 5 nitrogen and oxygen atoms in total. The minimum absolute atomic E-state index is 0.0258. The molecule has 0 amide bonds. The van der Waals surface area contributed by atoms with E-state index < -0.39 is 0 Å². The smallest absolute Gasteiger partial charge is 0.310 e. The van der Waals surface area contributed by atoms with E-state index in [0.29, 0.717) is 30.1 Å². The summed E-state index contributed by atoms with van der Waals surface area (Å²) in [5.74, 6) is 1.51. The molecular weight excluding hydrogens is 306 g/mol. The second kappa shape index (κ2) is 5.20. The SMILES string of the molecule is COC(=O)CC1C2CC[C@H]3[C@H]4C(=O)O[C@H](C4C(C)C)[C@@H](N1C)[C@]23C. The van der Waals surface area contributed by atoms with Gasteiger partial charge in [-0.05, 0) is 43.1 Å². The van der Waals surface area contributed by atoms with Crippen LogP contribution >= 0.6 is 0 Å². The first-order valence-electron chi connectivity index (χ1n) is 9.31. The van der Waals surface area contributed by atoms with Crippen molar-refractivity contribution in [1.82, 2.24) is 4.90 Å². The Labute approximate surface area is 144 Å². The number of fused-ring (bicyclic) bond motifs is 4. The lowest BCUT2D eigenvalue weighted by molar-refractivity contribution is -0.146. The molecule has 2 heterocycles. The third-order valence-electron chi connectivity index (χ3n) is 7.89. The van der Waals surface area contributed by atoms with Crippen molar-refractivity contribution >= 4 is 11.9 Å². The van der Waals surface area contributed by atoms with Crippen molar-refractivity contribution in [3.63, 3.8) is 0 Å². The van der Waals surface area contributed by atoms with Gasteiger partial charge in [0.05, 0.1) is 25.5 Å². The lowest BCUT2D eigenvalue weighted by Crippen LogP contribution is -2.57. The third-order valence-corrected chi connectivity index (χ3v) is 7.89. The standard InChI is InChI=1S/C19H29NO4/c1-9(2)14-15-11-7-6-10-12(8-13(21)23-5)20(4)17(19(10,11)3)16(14)24-18(15)22/h9-12,14-17H,6-8H2,1-5H3/t10?,11-,12?,14?,15+,16+,17+,19+/m0/s1. The van der Waals surface area contributed by atoms with Gasteiger partial charge in [-0.15, -0.1) is 0 Å². The highest BCUT2D eigenvalue weighted by molar-refractivity contribution is 5.77. The molecule has 5 heteroatoms. The number of carbonyl (C=O) groups is 2. The molecule has 0 radical (unpaired) electrons. The van der Waals surface area contributed by atoms with E-state index in [9.17, 15) is 9.59 Å². The average Bonchev–Trinajstić information content (AvgIpc) is 3.07. The Hall–Kier alpha value is -1.10. The minimum Gasteiger partial charge on any atom is -0.469 e. The van der Waals surface area contributed by atoms with Crippen molar-refractivity contribution in [3.05, 3.63) is 0 Å². The van der Waals surface area contributed by atoms with E-state index in [2.05, 4.69) is 32.7 Å². The van der Waals surface area contributed by atoms with Gasteiger partial charge >= 0.3 is 11.9 Å². The van der Waals surface area contributed by atoms with Crippen molar-refractivity contribution in [3.8, 4) is 0 Å². The van der Waals surface area contributed by atoms with E-state index >= 15 is 0 Å². The van der Waals surface area contributed by atoms with Gasteiger partial charge in [0.2, 0.25) is 0 Å². The molecule has 0 aromatic heterocycles.